The Balaban J connectivity index is 1.90. The largest absolute Gasteiger partial charge is 0.453 e. The lowest BCUT2D eigenvalue weighted by atomic mass is 10.1. The highest BCUT2D eigenvalue weighted by molar-refractivity contribution is 7.91. The van der Waals surface area contributed by atoms with Gasteiger partial charge < -0.3 is 10.1 Å². The van der Waals surface area contributed by atoms with Crippen LogP contribution < -0.4 is 5.32 Å². The van der Waals surface area contributed by atoms with Gasteiger partial charge in [0.25, 0.3) is 11.6 Å². The number of hydrogen-bond donors (Lipinski definition) is 1. The predicted octanol–water partition coefficient (Wildman–Crippen LogP) is 1.29. The van der Waals surface area contributed by atoms with Crippen LogP contribution in [0.3, 0.4) is 0 Å². The van der Waals surface area contributed by atoms with E-state index in [9.17, 15) is 28.1 Å². The lowest BCUT2D eigenvalue weighted by Gasteiger charge is -2.14. The van der Waals surface area contributed by atoms with Gasteiger partial charge in [0.2, 0.25) is 0 Å². The van der Waals surface area contributed by atoms with Crippen molar-refractivity contribution in [1.82, 2.24) is 0 Å². The highest BCUT2D eigenvalue weighted by Gasteiger charge is 2.31. The van der Waals surface area contributed by atoms with Crippen LogP contribution in [0.2, 0.25) is 0 Å². The molecule has 1 saturated heterocycles. The summed E-state index contributed by atoms with van der Waals surface area (Å²) in [5.41, 5.74) is -0.271. The van der Waals surface area contributed by atoms with Gasteiger partial charge in [-0.15, -0.1) is 0 Å². The van der Waals surface area contributed by atoms with Crippen LogP contribution in [0, 0.1) is 16.0 Å². The van der Waals surface area contributed by atoms with Crippen molar-refractivity contribution >= 4 is 33.1 Å². The number of ether oxygens (including phenoxy) is 1. The van der Waals surface area contributed by atoms with Crippen LogP contribution in [0.1, 0.15) is 19.8 Å². The zero-order valence-electron chi connectivity index (χ0n) is 13.5. The Hall–Kier alpha value is -2.49. The van der Waals surface area contributed by atoms with Crippen molar-refractivity contribution < 1.29 is 27.7 Å². The van der Waals surface area contributed by atoms with Crippen LogP contribution in [0.25, 0.3) is 0 Å². The number of hydrogen-bond acceptors (Lipinski definition) is 7. The SMILES string of the molecule is C[C@H](OC(=O)C[C@H]1CCS(=O)(=O)C1)C(=O)Nc1ccccc1[N+](=O)[O-]. The van der Waals surface area contributed by atoms with Crippen molar-refractivity contribution in [2.75, 3.05) is 16.8 Å². The van der Waals surface area contributed by atoms with Gasteiger partial charge in [-0.2, -0.15) is 0 Å². The number of nitrogens with zero attached hydrogens (tertiary/aromatic N) is 1. The number of carbonyl (C=O) groups is 2. The Bertz CT molecular complexity index is 791. The molecule has 25 heavy (non-hydrogen) atoms. The van der Waals surface area contributed by atoms with Gasteiger partial charge >= 0.3 is 5.97 Å². The molecular formula is C15H18N2O7S. The smallest absolute Gasteiger partial charge is 0.306 e. The minimum Gasteiger partial charge on any atom is -0.453 e. The van der Waals surface area contributed by atoms with Crippen molar-refractivity contribution in [2.45, 2.75) is 25.9 Å². The van der Waals surface area contributed by atoms with Crippen LogP contribution in [0.4, 0.5) is 11.4 Å². The maximum atomic E-state index is 12.1. The van der Waals surface area contributed by atoms with Crippen molar-refractivity contribution in [3.63, 3.8) is 0 Å². The molecule has 1 amide bonds. The number of sulfone groups is 1. The van der Waals surface area contributed by atoms with Gasteiger partial charge in [-0.1, -0.05) is 12.1 Å². The first-order valence-electron chi connectivity index (χ1n) is 7.62. The Kier molecular flexibility index (Phi) is 5.73. The Morgan fingerprint density at radius 1 is 1.40 bits per heavy atom. The van der Waals surface area contributed by atoms with Crippen molar-refractivity contribution in [3.05, 3.63) is 34.4 Å². The van der Waals surface area contributed by atoms with Gasteiger partial charge in [0.05, 0.1) is 16.4 Å². The van der Waals surface area contributed by atoms with E-state index in [2.05, 4.69) is 5.32 Å². The molecule has 1 aromatic carbocycles. The molecule has 0 saturated carbocycles. The first kappa shape index (κ1) is 18.8. The van der Waals surface area contributed by atoms with Crippen LogP contribution >= 0.6 is 0 Å². The molecule has 9 nitrogen and oxygen atoms in total. The summed E-state index contributed by atoms with van der Waals surface area (Å²) in [6.07, 6.45) is -0.846. The molecule has 10 heteroatoms. The number of esters is 1. The van der Waals surface area contributed by atoms with E-state index < -0.39 is 32.7 Å². The predicted molar refractivity (Wildman–Crippen MR) is 88.7 cm³/mol. The molecule has 0 aromatic heterocycles. The second-order valence-corrected chi connectivity index (χ2v) is 8.10. The first-order chi connectivity index (χ1) is 11.7. The van der Waals surface area contributed by atoms with E-state index >= 15 is 0 Å². The summed E-state index contributed by atoms with van der Waals surface area (Å²) >= 11 is 0. The molecule has 0 unspecified atom stereocenters. The summed E-state index contributed by atoms with van der Waals surface area (Å²) in [7, 11) is -3.09. The lowest BCUT2D eigenvalue weighted by Crippen LogP contribution is -2.30. The van der Waals surface area contributed by atoms with Crippen LogP contribution in [-0.2, 0) is 24.2 Å². The molecule has 0 bridgehead atoms. The first-order valence-corrected chi connectivity index (χ1v) is 9.44. The van der Waals surface area contributed by atoms with Gasteiger partial charge in [0.1, 0.15) is 5.69 Å². The number of anilines is 1. The van der Waals surface area contributed by atoms with Gasteiger partial charge in [-0.05, 0) is 25.3 Å². The minimum atomic E-state index is -3.09. The zero-order valence-corrected chi connectivity index (χ0v) is 14.3. The second kappa shape index (κ2) is 7.60. The molecule has 1 fully saturated rings. The maximum absolute atomic E-state index is 12.1. The molecular weight excluding hydrogens is 352 g/mol. The third kappa shape index (κ3) is 5.24. The number of para-hydroxylation sites is 2. The molecule has 2 atom stereocenters. The van der Waals surface area contributed by atoms with E-state index in [-0.39, 0.29) is 35.2 Å². The van der Waals surface area contributed by atoms with E-state index in [4.69, 9.17) is 4.74 Å². The number of nitro benzene ring substituents is 1. The summed E-state index contributed by atoms with van der Waals surface area (Å²) in [5.74, 6) is -1.69. The quantitative estimate of drug-likeness (QED) is 0.453. The molecule has 2 rings (SSSR count). The van der Waals surface area contributed by atoms with Crippen molar-refractivity contribution in [2.24, 2.45) is 5.92 Å². The summed E-state index contributed by atoms with van der Waals surface area (Å²) in [6, 6.07) is 5.60. The van der Waals surface area contributed by atoms with Crippen LogP contribution in [0.15, 0.2) is 24.3 Å². The van der Waals surface area contributed by atoms with Crippen LogP contribution in [0.5, 0.6) is 0 Å². The summed E-state index contributed by atoms with van der Waals surface area (Å²) in [5, 5.41) is 13.3. The minimum absolute atomic E-state index is 0.00212. The third-order valence-electron chi connectivity index (χ3n) is 3.82. The average molecular weight is 370 g/mol. The third-order valence-corrected chi connectivity index (χ3v) is 5.66. The molecule has 1 aliphatic heterocycles. The number of nitro groups is 1. The van der Waals surface area contributed by atoms with E-state index in [1.807, 2.05) is 0 Å². The highest BCUT2D eigenvalue weighted by Crippen LogP contribution is 2.24. The molecule has 1 heterocycles. The average Bonchev–Trinajstić information content (AvgIpc) is 2.86. The monoisotopic (exact) mass is 370 g/mol. The number of rotatable bonds is 6. The Labute approximate surface area is 144 Å². The van der Waals surface area contributed by atoms with E-state index in [1.165, 1.54) is 31.2 Å². The number of nitrogens with one attached hydrogen (secondary N) is 1. The lowest BCUT2D eigenvalue weighted by molar-refractivity contribution is -0.383. The number of carbonyl (C=O) groups excluding carboxylic acids is 2. The van der Waals surface area contributed by atoms with E-state index in [1.54, 1.807) is 0 Å². The van der Waals surface area contributed by atoms with Gasteiger partial charge in [-0.25, -0.2) is 8.42 Å². The van der Waals surface area contributed by atoms with Crippen molar-refractivity contribution in [1.29, 1.82) is 0 Å². The Morgan fingerprint density at radius 3 is 2.68 bits per heavy atom. The normalized spacial score (nSPS) is 19.8. The fraction of sp³-hybridized carbons (Fsp3) is 0.467. The highest BCUT2D eigenvalue weighted by atomic mass is 32.2. The summed E-state index contributed by atoms with van der Waals surface area (Å²) in [6.45, 7) is 1.34. The van der Waals surface area contributed by atoms with Gasteiger partial charge in [0.15, 0.2) is 15.9 Å². The zero-order chi connectivity index (χ0) is 18.6. The Morgan fingerprint density at radius 2 is 2.08 bits per heavy atom. The number of amides is 1. The summed E-state index contributed by atoms with van der Waals surface area (Å²) in [4.78, 5) is 34.2. The fourth-order valence-electron chi connectivity index (χ4n) is 2.54. The molecule has 1 N–H and O–H groups in total. The molecule has 0 aliphatic carbocycles. The van der Waals surface area contributed by atoms with Gasteiger partial charge in [-0.3, -0.25) is 19.7 Å². The molecule has 136 valence electrons. The van der Waals surface area contributed by atoms with Crippen molar-refractivity contribution in [3.8, 4) is 0 Å². The topological polar surface area (TPSA) is 133 Å². The van der Waals surface area contributed by atoms with Gasteiger partial charge in [0, 0.05) is 12.5 Å². The second-order valence-electron chi connectivity index (χ2n) is 5.87. The molecule has 1 aromatic rings. The fourth-order valence-corrected chi connectivity index (χ4v) is 4.40. The molecule has 0 radical (unpaired) electrons. The molecule has 0 spiro atoms. The summed E-state index contributed by atoms with van der Waals surface area (Å²) < 4.78 is 27.7. The number of benzene rings is 1. The van der Waals surface area contributed by atoms with Crippen LogP contribution in [-0.4, -0.2) is 42.8 Å². The molecule has 1 aliphatic rings. The standard InChI is InChI=1S/C15H18N2O7S/c1-10(24-14(18)8-11-6-7-25(22,23)9-11)15(19)16-12-4-2-3-5-13(12)17(20)21/h2-5,10-11H,6-9H2,1H3,(H,16,19)/t10-,11+/m0/s1. The van der Waals surface area contributed by atoms with E-state index in [0.29, 0.717) is 6.42 Å². The van der Waals surface area contributed by atoms with E-state index in [0.717, 1.165) is 0 Å². The maximum Gasteiger partial charge on any atom is 0.306 e.